The van der Waals surface area contributed by atoms with E-state index in [1.165, 1.54) is 4.90 Å². The van der Waals surface area contributed by atoms with Crippen LogP contribution in [0.2, 0.25) is 5.02 Å². The Labute approximate surface area is 208 Å². The largest absolute Gasteiger partial charge is 0.354 e. The van der Waals surface area contributed by atoms with Gasteiger partial charge in [-0.15, -0.1) is 0 Å². The van der Waals surface area contributed by atoms with Gasteiger partial charge in [0.05, 0.1) is 11.9 Å². The highest BCUT2D eigenvalue weighted by Crippen LogP contribution is 2.24. The lowest BCUT2D eigenvalue weighted by molar-refractivity contribution is -0.139. The maximum atomic E-state index is 13.5. The summed E-state index contributed by atoms with van der Waals surface area (Å²) in [5.74, 6) is -0.544. The van der Waals surface area contributed by atoms with Gasteiger partial charge in [0.2, 0.25) is 21.8 Å². The van der Waals surface area contributed by atoms with Gasteiger partial charge in [-0.25, -0.2) is 8.42 Å². The molecule has 9 heteroatoms. The molecule has 0 aliphatic heterocycles. The predicted molar refractivity (Wildman–Crippen MR) is 137 cm³/mol. The number of rotatable bonds is 10. The highest BCUT2D eigenvalue weighted by Gasteiger charge is 2.30. The molecule has 186 valence electrons. The van der Waals surface area contributed by atoms with Gasteiger partial charge in [0.15, 0.2) is 0 Å². The van der Waals surface area contributed by atoms with Gasteiger partial charge >= 0.3 is 0 Å². The van der Waals surface area contributed by atoms with Crippen LogP contribution in [0, 0.1) is 19.8 Å². The van der Waals surface area contributed by atoms with E-state index in [-0.39, 0.29) is 18.4 Å². The number of hydrogen-bond donors (Lipinski definition) is 1. The molecule has 0 radical (unpaired) electrons. The van der Waals surface area contributed by atoms with Crippen LogP contribution in [0.4, 0.5) is 5.69 Å². The van der Waals surface area contributed by atoms with Crippen LogP contribution in [0.3, 0.4) is 0 Å². The van der Waals surface area contributed by atoms with Crippen LogP contribution in [0.1, 0.15) is 37.5 Å². The number of halogens is 1. The Hall–Kier alpha value is -2.58. The zero-order chi connectivity index (χ0) is 25.6. The first-order valence-corrected chi connectivity index (χ1v) is 13.4. The Morgan fingerprint density at radius 3 is 2.29 bits per heavy atom. The summed E-state index contributed by atoms with van der Waals surface area (Å²) in [6, 6.07) is 11.6. The Balaban J connectivity index is 2.40. The van der Waals surface area contributed by atoms with Gasteiger partial charge in [-0.2, -0.15) is 0 Å². The lowest BCUT2D eigenvalue weighted by atomic mass is 10.1. The molecule has 0 bridgehead atoms. The maximum absolute atomic E-state index is 13.5. The maximum Gasteiger partial charge on any atom is 0.244 e. The third kappa shape index (κ3) is 7.74. The number of anilines is 1. The number of carbonyl (C=O) groups is 2. The number of aryl methyl sites for hydroxylation is 2. The van der Waals surface area contributed by atoms with Gasteiger partial charge in [-0.1, -0.05) is 55.3 Å². The molecule has 0 aliphatic carbocycles. The smallest absolute Gasteiger partial charge is 0.244 e. The molecule has 0 aromatic heterocycles. The van der Waals surface area contributed by atoms with Crippen LogP contribution in [-0.2, 0) is 26.2 Å². The molecule has 1 N–H and O–H groups in total. The van der Waals surface area contributed by atoms with Gasteiger partial charge in [-0.05, 0) is 56.0 Å². The fraction of sp³-hybridized carbons (Fsp3) is 0.440. The number of sulfonamides is 1. The first-order chi connectivity index (χ1) is 15.8. The molecule has 0 heterocycles. The minimum atomic E-state index is -3.76. The van der Waals surface area contributed by atoms with Gasteiger partial charge in [0.1, 0.15) is 12.6 Å². The number of nitrogens with zero attached hydrogens (tertiary/aromatic N) is 2. The molecule has 0 saturated carbocycles. The predicted octanol–water partition coefficient (Wildman–Crippen LogP) is 3.91. The van der Waals surface area contributed by atoms with Gasteiger partial charge < -0.3 is 10.2 Å². The van der Waals surface area contributed by atoms with E-state index in [2.05, 4.69) is 5.32 Å². The molecular weight excluding hydrogens is 474 g/mol. The molecule has 0 saturated heterocycles. The van der Waals surface area contributed by atoms with Crippen molar-refractivity contribution in [3.05, 3.63) is 64.2 Å². The number of hydrogen-bond acceptors (Lipinski definition) is 4. The Morgan fingerprint density at radius 1 is 1.06 bits per heavy atom. The molecule has 2 rings (SSSR count). The molecule has 34 heavy (non-hydrogen) atoms. The SMILES string of the molecule is Cc1ccc(N(CC(=O)N(Cc2cccc(Cl)c2)[C@@H](C)C(=O)NCC(C)C)S(C)(=O)=O)c(C)c1. The second-order valence-electron chi connectivity index (χ2n) is 9.03. The van der Waals surface area contributed by atoms with Crippen LogP contribution < -0.4 is 9.62 Å². The molecule has 0 spiro atoms. The van der Waals surface area contributed by atoms with Gasteiger partial charge in [0.25, 0.3) is 0 Å². The van der Waals surface area contributed by atoms with E-state index in [0.717, 1.165) is 27.3 Å². The van der Waals surface area contributed by atoms with E-state index in [1.54, 1.807) is 44.2 Å². The van der Waals surface area contributed by atoms with E-state index >= 15 is 0 Å². The minimum absolute atomic E-state index is 0.111. The third-order valence-electron chi connectivity index (χ3n) is 5.39. The van der Waals surface area contributed by atoms with Crippen molar-refractivity contribution in [1.29, 1.82) is 0 Å². The van der Waals surface area contributed by atoms with Crippen LogP contribution in [0.25, 0.3) is 0 Å². The zero-order valence-corrected chi connectivity index (χ0v) is 22.2. The number of nitrogens with one attached hydrogen (secondary N) is 1. The van der Waals surface area contributed by atoms with Crippen LogP contribution in [0.5, 0.6) is 0 Å². The lowest BCUT2D eigenvalue weighted by Gasteiger charge is -2.32. The summed E-state index contributed by atoms with van der Waals surface area (Å²) in [6.07, 6.45) is 1.07. The van der Waals surface area contributed by atoms with E-state index in [9.17, 15) is 18.0 Å². The number of carbonyl (C=O) groups excluding carboxylic acids is 2. The van der Waals surface area contributed by atoms with E-state index in [1.807, 2.05) is 32.9 Å². The summed E-state index contributed by atoms with van der Waals surface area (Å²) in [6.45, 7) is 9.47. The molecule has 2 amide bonds. The summed E-state index contributed by atoms with van der Waals surface area (Å²) < 4.78 is 26.4. The summed E-state index contributed by atoms with van der Waals surface area (Å²) in [7, 11) is -3.76. The quantitative estimate of drug-likeness (QED) is 0.528. The summed E-state index contributed by atoms with van der Waals surface area (Å²) in [5.41, 5.74) is 2.89. The molecule has 2 aromatic carbocycles. The molecular formula is C25H34ClN3O4S. The van der Waals surface area contributed by atoms with Crippen molar-refractivity contribution in [3.8, 4) is 0 Å². The highest BCUT2D eigenvalue weighted by atomic mass is 35.5. The second-order valence-corrected chi connectivity index (χ2v) is 11.4. The van der Waals surface area contributed by atoms with Crippen molar-refractivity contribution in [1.82, 2.24) is 10.2 Å². The molecule has 1 atom stereocenters. The molecule has 0 aliphatic rings. The van der Waals surface area contributed by atoms with Crippen molar-refractivity contribution in [2.24, 2.45) is 5.92 Å². The van der Waals surface area contributed by atoms with Crippen molar-refractivity contribution in [3.63, 3.8) is 0 Å². The average Bonchev–Trinajstić information content (AvgIpc) is 2.73. The fourth-order valence-electron chi connectivity index (χ4n) is 3.55. The van der Waals surface area contributed by atoms with Crippen molar-refractivity contribution < 1.29 is 18.0 Å². The van der Waals surface area contributed by atoms with Crippen LogP contribution in [0.15, 0.2) is 42.5 Å². The van der Waals surface area contributed by atoms with Crippen molar-refractivity contribution in [2.45, 2.75) is 47.2 Å². The van der Waals surface area contributed by atoms with E-state index in [0.29, 0.717) is 17.3 Å². The molecule has 0 fully saturated rings. The van der Waals surface area contributed by atoms with Crippen LogP contribution in [-0.4, -0.2) is 50.5 Å². The first kappa shape index (κ1) is 27.7. The number of amides is 2. The fourth-order valence-corrected chi connectivity index (χ4v) is 4.67. The van der Waals surface area contributed by atoms with Gasteiger partial charge in [-0.3, -0.25) is 13.9 Å². The summed E-state index contributed by atoms with van der Waals surface area (Å²) >= 11 is 6.12. The topological polar surface area (TPSA) is 86.8 Å². The number of benzene rings is 2. The first-order valence-electron chi connectivity index (χ1n) is 11.2. The average molecular weight is 508 g/mol. The Bertz CT molecular complexity index is 1130. The Morgan fingerprint density at radius 2 is 1.74 bits per heavy atom. The molecule has 0 unspecified atom stereocenters. The van der Waals surface area contributed by atoms with E-state index < -0.39 is 28.5 Å². The summed E-state index contributed by atoms with van der Waals surface area (Å²) in [5, 5.41) is 3.36. The van der Waals surface area contributed by atoms with Crippen LogP contribution >= 0.6 is 11.6 Å². The standard InChI is InChI=1S/C25H34ClN3O4S/c1-17(2)14-27-25(31)20(5)28(15-21-8-7-9-22(26)13-21)24(30)16-29(34(6,32)33)23-11-10-18(3)12-19(23)4/h7-13,17,20H,14-16H2,1-6H3,(H,27,31)/t20-/m0/s1. The normalized spacial score (nSPS) is 12.4. The monoisotopic (exact) mass is 507 g/mol. The minimum Gasteiger partial charge on any atom is -0.354 e. The van der Waals surface area contributed by atoms with Crippen molar-refractivity contribution in [2.75, 3.05) is 23.7 Å². The van der Waals surface area contributed by atoms with E-state index in [4.69, 9.17) is 11.6 Å². The lowest BCUT2D eigenvalue weighted by Crippen LogP contribution is -2.51. The Kier molecular flexibility index (Phi) is 9.53. The zero-order valence-electron chi connectivity index (χ0n) is 20.6. The highest BCUT2D eigenvalue weighted by molar-refractivity contribution is 7.92. The van der Waals surface area contributed by atoms with Gasteiger partial charge in [0, 0.05) is 18.1 Å². The summed E-state index contributed by atoms with van der Waals surface area (Å²) in [4.78, 5) is 27.8. The molecule has 7 nitrogen and oxygen atoms in total. The second kappa shape index (κ2) is 11.7. The molecule has 2 aromatic rings. The van der Waals surface area contributed by atoms with Crippen molar-refractivity contribution >= 4 is 39.1 Å². The third-order valence-corrected chi connectivity index (χ3v) is 6.76.